The molecule has 1 aromatic heterocycles. The van der Waals surface area contributed by atoms with E-state index in [1.54, 1.807) is 41.1 Å². The molecule has 0 atom stereocenters. The first-order valence-electron chi connectivity index (χ1n) is 9.24. The number of rotatable bonds is 5. The van der Waals surface area contributed by atoms with E-state index >= 15 is 0 Å². The lowest BCUT2D eigenvalue weighted by molar-refractivity contribution is -0.384. The van der Waals surface area contributed by atoms with Crippen LogP contribution in [0.1, 0.15) is 16.8 Å². The molecule has 1 saturated heterocycles. The first-order chi connectivity index (χ1) is 14.4. The molecule has 3 aromatic rings. The molecule has 2 aromatic carbocycles. The largest absolute Gasteiger partial charge is 0.329 e. The van der Waals surface area contributed by atoms with Gasteiger partial charge in [-0.25, -0.2) is 4.79 Å². The maximum absolute atomic E-state index is 12.8. The van der Waals surface area contributed by atoms with Crippen molar-refractivity contribution in [1.29, 1.82) is 0 Å². The number of carbonyl (C=O) groups is 2. The van der Waals surface area contributed by atoms with Crippen LogP contribution in [-0.2, 0) is 11.3 Å². The minimum Gasteiger partial charge on any atom is -0.317 e. The molecule has 8 heteroatoms. The third-order valence-electron chi connectivity index (χ3n) is 4.81. The van der Waals surface area contributed by atoms with Gasteiger partial charge in [-0.1, -0.05) is 35.9 Å². The molecule has 150 valence electrons. The van der Waals surface area contributed by atoms with Crippen molar-refractivity contribution in [3.63, 3.8) is 0 Å². The Balaban J connectivity index is 1.60. The highest BCUT2D eigenvalue weighted by atomic mass is 16.6. The molecule has 0 spiro atoms. The number of nitrogens with zero attached hydrogens (tertiary/aromatic N) is 3. The number of aryl methyl sites for hydroxylation is 1. The Bertz CT molecular complexity index is 1180. The number of non-ortho nitro benzene ring substituents is 1. The molecule has 0 saturated carbocycles. The highest BCUT2D eigenvalue weighted by Crippen LogP contribution is 2.22. The summed E-state index contributed by atoms with van der Waals surface area (Å²) >= 11 is 0. The van der Waals surface area contributed by atoms with Crippen LogP contribution in [0.5, 0.6) is 0 Å². The number of nitrogens with one attached hydrogen (secondary N) is 1. The SMILES string of the molecule is Cc1ccc(CN2C(=O)N/C(=C/c3cccn3-c3cccc([N+](=O)[O-])c3)C2=O)cc1. The van der Waals surface area contributed by atoms with Crippen LogP contribution in [0.4, 0.5) is 10.5 Å². The number of urea groups is 1. The average molecular weight is 402 g/mol. The first-order valence-corrected chi connectivity index (χ1v) is 9.24. The summed E-state index contributed by atoms with van der Waals surface area (Å²) in [6.07, 6.45) is 3.30. The Kier molecular flexibility index (Phi) is 4.89. The van der Waals surface area contributed by atoms with Gasteiger partial charge in [-0.3, -0.25) is 19.8 Å². The van der Waals surface area contributed by atoms with E-state index in [1.807, 2.05) is 31.2 Å². The van der Waals surface area contributed by atoms with Crippen molar-refractivity contribution in [2.24, 2.45) is 0 Å². The minimum atomic E-state index is -0.486. The lowest BCUT2D eigenvalue weighted by atomic mass is 10.1. The van der Waals surface area contributed by atoms with Crippen molar-refractivity contribution in [3.05, 3.63) is 99.5 Å². The number of nitro benzene ring substituents is 1. The Morgan fingerprint density at radius 2 is 1.83 bits per heavy atom. The van der Waals surface area contributed by atoms with Gasteiger partial charge < -0.3 is 9.88 Å². The van der Waals surface area contributed by atoms with Crippen LogP contribution in [0.2, 0.25) is 0 Å². The van der Waals surface area contributed by atoms with Gasteiger partial charge in [0.2, 0.25) is 0 Å². The van der Waals surface area contributed by atoms with Crippen molar-refractivity contribution in [3.8, 4) is 5.69 Å². The van der Waals surface area contributed by atoms with E-state index in [2.05, 4.69) is 5.32 Å². The zero-order valence-corrected chi connectivity index (χ0v) is 16.1. The van der Waals surface area contributed by atoms with Crippen LogP contribution < -0.4 is 5.32 Å². The smallest absolute Gasteiger partial charge is 0.317 e. The maximum Gasteiger partial charge on any atom is 0.329 e. The van der Waals surface area contributed by atoms with Gasteiger partial charge in [0, 0.05) is 24.0 Å². The highest BCUT2D eigenvalue weighted by molar-refractivity contribution is 6.13. The van der Waals surface area contributed by atoms with Gasteiger partial charge in [0.25, 0.3) is 11.6 Å². The fraction of sp³-hybridized carbons (Fsp3) is 0.0909. The molecule has 3 amide bonds. The molecule has 0 bridgehead atoms. The molecule has 0 aliphatic carbocycles. The molecule has 1 N–H and O–H groups in total. The summed E-state index contributed by atoms with van der Waals surface area (Å²) < 4.78 is 1.71. The third-order valence-corrected chi connectivity index (χ3v) is 4.81. The summed E-state index contributed by atoms with van der Waals surface area (Å²) in [5.41, 5.74) is 3.25. The fourth-order valence-corrected chi connectivity index (χ4v) is 3.24. The number of imide groups is 1. The van der Waals surface area contributed by atoms with E-state index in [9.17, 15) is 19.7 Å². The Hall–Kier alpha value is -4.20. The van der Waals surface area contributed by atoms with E-state index < -0.39 is 16.9 Å². The van der Waals surface area contributed by atoms with Gasteiger partial charge in [-0.05, 0) is 36.8 Å². The summed E-state index contributed by atoms with van der Waals surface area (Å²) in [6.45, 7) is 2.14. The first kappa shape index (κ1) is 19.1. The number of amides is 3. The molecule has 0 unspecified atom stereocenters. The number of aromatic nitrogens is 1. The van der Waals surface area contributed by atoms with E-state index in [0.717, 1.165) is 16.0 Å². The van der Waals surface area contributed by atoms with Crippen LogP contribution in [-0.4, -0.2) is 26.3 Å². The molecule has 30 heavy (non-hydrogen) atoms. The van der Waals surface area contributed by atoms with Gasteiger partial charge in [0.05, 0.1) is 17.2 Å². The Morgan fingerprint density at radius 3 is 2.57 bits per heavy atom. The zero-order chi connectivity index (χ0) is 21.3. The monoisotopic (exact) mass is 402 g/mol. The normalized spacial score (nSPS) is 15.0. The van der Waals surface area contributed by atoms with E-state index in [1.165, 1.54) is 12.1 Å². The lowest BCUT2D eigenvalue weighted by Gasteiger charge is -2.12. The highest BCUT2D eigenvalue weighted by Gasteiger charge is 2.33. The number of hydrogen-bond donors (Lipinski definition) is 1. The minimum absolute atomic E-state index is 0.0330. The third kappa shape index (κ3) is 3.70. The molecular weight excluding hydrogens is 384 g/mol. The average Bonchev–Trinajstić information content (AvgIpc) is 3.30. The van der Waals surface area contributed by atoms with Crippen molar-refractivity contribution in [1.82, 2.24) is 14.8 Å². The van der Waals surface area contributed by atoms with Crippen molar-refractivity contribution in [2.75, 3.05) is 0 Å². The second-order valence-electron chi connectivity index (χ2n) is 6.95. The van der Waals surface area contributed by atoms with Gasteiger partial charge >= 0.3 is 6.03 Å². The van der Waals surface area contributed by atoms with Crippen LogP contribution in [0, 0.1) is 17.0 Å². The van der Waals surface area contributed by atoms with E-state index in [-0.39, 0.29) is 17.9 Å². The molecule has 1 aliphatic heterocycles. The van der Waals surface area contributed by atoms with Gasteiger partial charge in [0.1, 0.15) is 5.70 Å². The van der Waals surface area contributed by atoms with Gasteiger partial charge in [-0.15, -0.1) is 0 Å². The quantitative estimate of drug-likeness (QED) is 0.304. The number of carbonyl (C=O) groups excluding carboxylic acids is 2. The van der Waals surface area contributed by atoms with Crippen LogP contribution >= 0.6 is 0 Å². The lowest BCUT2D eigenvalue weighted by Crippen LogP contribution is -2.30. The zero-order valence-electron chi connectivity index (χ0n) is 16.1. The predicted octanol–water partition coefficient (Wildman–Crippen LogP) is 3.79. The van der Waals surface area contributed by atoms with Crippen LogP contribution in [0.15, 0.2) is 72.6 Å². The van der Waals surface area contributed by atoms with Crippen LogP contribution in [0.25, 0.3) is 11.8 Å². The topological polar surface area (TPSA) is 97.5 Å². The van der Waals surface area contributed by atoms with Crippen molar-refractivity contribution in [2.45, 2.75) is 13.5 Å². The molecule has 1 aliphatic rings. The van der Waals surface area contributed by atoms with E-state index in [0.29, 0.717) is 11.4 Å². The summed E-state index contributed by atoms with van der Waals surface area (Å²) in [5.74, 6) is -0.424. The molecule has 0 radical (unpaired) electrons. The number of nitro groups is 1. The second-order valence-corrected chi connectivity index (χ2v) is 6.95. The van der Waals surface area contributed by atoms with Gasteiger partial charge in [-0.2, -0.15) is 0 Å². The molecule has 1 fully saturated rings. The second kappa shape index (κ2) is 7.67. The molecule has 4 rings (SSSR count). The summed E-state index contributed by atoms with van der Waals surface area (Å²) in [7, 11) is 0. The standard InChI is InChI=1S/C22H18N4O4/c1-15-7-9-16(10-8-15)14-25-21(27)20(23-22(25)28)13-18-6-3-11-24(18)17-4-2-5-19(12-17)26(29)30/h2-13H,14H2,1H3,(H,23,28)/b20-13+. The van der Waals surface area contributed by atoms with E-state index in [4.69, 9.17) is 0 Å². The summed E-state index contributed by atoms with van der Waals surface area (Å²) in [4.78, 5) is 36.9. The Morgan fingerprint density at radius 1 is 1.07 bits per heavy atom. The molecule has 2 heterocycles. The fourth-order valence-electron chi connectivity index (χ4n) is 3.24. The van der Waals surface area contributed by atoms with Crippen molar-refractivity contribution >= 4 is 23.7 Å². The Labute approximate surface area is 172 Å². The predicted molar refractivity (Wildman–Crippen MR) is 111 cm³/mol. The summed E-state index contributed by atoms with van der Waals surface area (Å²) in [6, 6.07) is 16.8. The number of benzene rings is 2. The van der Waals surface area contributed by atoms with Crippen molar-refractivity contribution < 1.29 is 14.5 Å². The number of hydrogen-bond acceptors (Lipinski definition) is 4. The molecular formula is C22H18N4O4. The maximum atomic E-state index is 12.8. The molecule has 8 nitrogen and oxygen atoms in total. The summed E-state index contributed by atoms with van der Waals surface area (Å²) in [5, 5.41) is 13.7. The van der Waals surface area contributed by atoms with Gasteiger partial charge in [0.15, 0.2) is 0 Å². The van der Waals surface area contributed by atoms with Crippen LogP contribution in [0.3, 0.4) is 0 Å².